The van der Waals surface area contributed by atoms with E-state index in [-0.39, 0.29) is 0 Å². The number of aromatic amines is 4. The second-order valence-corrected chi connectivity index (χ2v) is 22.9. The molecule has 4 aliphatic rings. The van der Waals surface area contributed by atoms with Crippen molar-refractivity contribution < 1.29 is 0 Å². The molecule has 0 atom stereocenters. The zero-order valence-corrected chi connectivity index (χ0v) is 54.6. The first kappa shape index (κ1) is 61.0. The molecule has 0 aromatic carbocycles. The van der Waals surface area contributed by atoms with Gasteiger partial charge in [0.2, 0.25) is 0 Å². The lowest BCUT2D eigenvalue weighted by Crippen LogP contribution is -1.95. The van der Waals surface area contributed by atoms with Crippen molar-refractivity contribution in [3.63, 3.8) is 0 Å². The van der Waals surface area contributed by atoms with Crippen LogP contribution in [0.1, 0.15) is 263 Å². The Hall–Kier alpha value is -8.12. The van der Waals surface area contributed by atoms with E-state index in [1.807, 2.05) is 0 Å². The normalized spacial score (nSPS) is 13.2. The van der Waals surface area contributed by atoms with Gasteiger partial charge in [0.25, 0.3) is 0 Å². The molecule has 8 heteroatoms. The quantitative estimate of drug-likeness (QED) is 0.0723. The molecule has 0 saturated heterocycles. The summed E-state index contributed by atoms with van der Waals surface area (Å²) in [6, 6.07) is 13.9. The monoisotopic (exact) mass is 1140 g/mol. The third kappa shape index (κ3) is 10.5. The Morgan fingerprint density at radius 1 is 0.233 bits per heavy atom. The van der Waals surface area contributed by atoms with E-state index in [1.165, 1.54) is 89.1 Å². The van der Waals surface area contributed by atoms with Crippen LogP contribution in [0.15, 0.2) is 36.4 Å². The number of hydrogen-bond donors (Lipinski definition) is 4. The van der Waals surface area contributed by atoms with Gasteiger partial charge in [-0.15, -0.1) is 0 Å². The molecule has 0 spiro atoms. The average Bonchev–Trinajstić information content (AvgIpc) is 4.57. The fourth-order valence-electron chi connectivity index (χ4n) is 14.9. The SMILES string of the molecule is CCC1=C(CC)c2nc1cc1[nH]c(cc3[nH]c(cc4nc(c2C#CC#CC#Cc2c5nc(cc6[nH]c(cc7[nH]c(cc8nc2C(CC)=C8CC)c(CC)c7CC)c(CC)c6CC)C(CC)=C5CC)C(CC)=C4CC)c(CC)c3CC)c(CC)c1CC. The maximum atomic E-state index is 5.63. The third-order valence-electron chi connectivity index (χ3n) is 18.8. The van der Waals surface area contributed by atoms with Crippen molar-refractivity contribution in [2.24, 2.45) is 0 Å². The maximum absolute atomic E-state index is 5.63. The Balaban J connectivity index is 1.28. The van der Waals surface area contributed by atoms with Crippen molar-refractivity contribution >= 4 is 88.7 Å². The van der Waals surface area contributed by atoms with Gasteiger partial charge in [0.15, 0.2) is 0 Å². The fraction of sp³-hybridized carbons (Fsp3) is 0.410. The number of nitrogens with zero attached hydrogens (tertiary/aromatic N) is 4. The van der Waals surface area contributed by atoms with Crippen molar-refractivity contribution in [2.45, 2.75) is 214 Å². The molecule has 4 aliphatic heterocycles. The lowest BCUT2D eigenvalue weighted by atomic mass is 9.94. The first-order valence-corrected chi connectivity index (χ1v) is 33.0. The number of aromatic nitrogens is 8. The summed E-state index contributed by atoms with van der Waals surface area (Å²) < 4.78 is 0. The molecular weight excluding hydrogens is 1050 g/mol. The summed E-state index contributed by atoms with van der Waals surface area (Å²) in [6.45, 7) is 36.1. The topological polar surface area (TPSA) is 115 Å². The average molecular weight is 1140 g/mol. The van der Waals surface area contributed by atoms with Crippen LogP contribution >= 0.6 is 0 Å². The molecule has 10 rings (SSSR count). The van der Waals surface area contributed by atoms with Crippen molar-refractivity contribution in [1.29, 1.82) is 0 Å². The number of fused-ring (bicyclic) bond motifs is 16. The van der Waals surface area contributed by atoms with Crippen LogP contribution in [0.2, 0.25) is 0 Å². The van der Waals surface area contributed by atoms with Crippen LogP contribution < -0.4 is 0 Å². The number of rotatable bonds is 16. The molecule has 4 N–H and O–H groups in total. The van der Waals surface area contributed by atoms with E-state index in [4.69, 9.17) is 19.9 Å². The number of hydrogen-bond acceptors (Lipinski definition) is 4. The van der Waals surface area contributed by atoms with E-state index >= 15 is 0 Å². The zero-order chi connectivity index (χ0) is 61.1. The van der Waals surface area contributed by atoms with E-state index in [0.29, 0.717) is 0 Å². The van der Waals surface area contributed by atoms with Crippen LogP contribution in [0, 0.1) is 35.5 Å². The van der Waals surface area contributed by atoms with Crippen molar-refractivity contribution in [1.82, 2.24) is 39.9 Å². The number of H-pyrrole nitrogens is 4. The highest BCUT2D eigenvalue weighted by Crippen LogP contribution is 2.44. The molecule has 6 aromatic rings. The molecule has 8 nitrogen and oxygen atoms in total. The van der Waals surface area contributed by atoms with Gasteiger partial charge in [-0.05, 0) is 264 Å². The lowest BCUT2D eigenvalue weighted by molar-refractivity contribution is 1.07. The number of allylic oxidation sites excluding steroid dienone is 8. The molecule has 6 aromatic heterocycles. The van der Waals surface area contributed by atoms with E-state index in [1.54, 1.807) is 0 Å². The molecule has 0 unspecified atom stereocenters. The molecular formula is C78H90N8. The second kappa shape index (κ2) is 26.2. The van der Waals surface area contributed by atoms with Crippen LogP contribution in [0.3, 0.4) is 0 Å². The van der Waals surface area contributed by atoms with Crippen molar-refractivity contribution in [2.75, 3.05) is 0 Å². The largest absolute Gasteiger partial charge is 0.355 e. The Labute approximate surface area is 512 Å². The fourth-order valence-corrected chi connectivity index (χ4v) is 14.9. The van der Waals surface area contributed by atoms with E-state index in [2.05, 4.69) is 203 Å². The molecule has 0 fully saturated rings. The first-order valence-electron chi connectivity index (χ1n) is 33.0. The summed E-state index contributed by atoms with van der Waals surface area (Å²) in [4.78, 5) is 38.2. The Kier molecular flexibility index (Phi) is 18.6. The number of aryl methyl sites for hydroxylation is 8. The molecule has 86 heavy (non-hydrogen) atoms. The first-order chi connectivity index (χ1) is 41.9. The minimum Gasteiger partial charge on any atom is -0.355 e. The lowest BCUT2D eigenvalue weighted by Gasteiger charge is -2.08. The summed E-state index contributed by atoms with van der Waals surface area (Å²) in [5.74, 6) is 20.6. The van der Waals surface area contributed by atoms with Gasteiger partial charge in [0, 0.05) is 44.1 Å². The molecule has 0 amide bonds. The molecule has 16 bridgehead atoms. The molecule has 10 heterocycles. The smallest absolute Gasteiger partial charge is 0.0851 e. The van der Waals surface area contributed by atoms with Crippen LogP contribution in [0.4, 0.5) is 0 Å². The molecule has 0 saturated carbocycles. The van der Waals surface area contributed by atoms with Gasteiger partial charge in [0.1, 0.15) is 0 Å². The summed E-state index contributed by atoms with van der Waals surface area (Å²) in [6.07, 6.45) is 13.9. The Morgan fingerprint density at radius 3 is 0.593 bits per heavy atom. The van der Waals surface area contributed by atoms with Crippen LogP contribution in [0.25, 0.3) is 88.7 Å². The van der Waals surface area contributed by atoms with E-state index < -0.39 is 0 Å². The highest BCUT2D eigenvalue weighted by atomic mass is 14.8. The van der Waals surface area contributed by atoms with Crippen molar-refractivity contribution in [3.05, 3.63) is 138 Å². The highest BCUT2D eigenvalue weighted by Gasteiger charge is 2.29. The summed E-state index contributed by atoms with van der Waals surface area (Å²) in [5, 5.41) is 0. The van der Waals surface area contributed by atoms with Gasteiger partial charge in [-0.1, -0.05) is 111 Å². The van der Waals surface area contributed by atoms with E-state index in [0.717, 1.165) is 204 Å². The minimum absolute atomic E-state index is 0.802. The zero-order valence-electron chi connectivity index (χ0n) is 54.6. The van der Waals surface area contributed by atoms with Gasteiger partial charge >= 0.3 is 0 Å². The van der Waals surface area contributed by atoms with E-state index in [9.17, 15) is 0 Å². The predicted octanol–water partition coefficient (Wildman–Crippen LogP) is 19.8. The van der Waals surface area contributed by atoms with Crippen molar-refractivity contribution in [3.8, 4) is 35.5 Å². The standard InChI is InChI=1S/C78H90N8/c1-17-45-49(21-5)67-41-71-53(25-9)57(29-13)75(83-71)61(76-58(30-14)54(26-10)72(84-76)42-68-50(22-6)46(18-2)64(80-68)39-63(45)79-67)37-35-33-34-36-38-62-77-59(31-15)55(27-11)73(85-77)43-69-51(23-7)47(19-3)65(81-69)40-66-48(20-4)52(24-8)70(82-66)44-74-56(28-12)60(32-16)78(62)86-74/h39-44,79-82H,17-32H2,1-16H3. The third-order valence-corrected chi connectivity index (χ3v) is 18.8. The highest BCUT2D eigenvalue weighted by molar-refractivity contribution is 6.01. The van der Waals surface area contributed by atoms with Crippen LogP contribution in [-0.4, -0.2) is 39.9 Å². The van der Waals surface area contributed by atoms with Crippen LogP contribution in [0.5, 0.6) is 0 Å². The molecule has 0 radical (unpaired) electrons. The molecule has 0 aliphatic carbocycles. The summed E-state index contributed by atoms with van der Waals surface area (Å²) >= 11 is 0. The van der Waals surface area contributed by atoms with Gasteiger partial charge in [-0.3, -0.25) is 0 Å². The second-order valence-electron chi connectivity index (χ2n) is 22.9. The minimum atomic E-state index is 0.802. The maximum Gasteiger partial charge on any atom is 0.0851 e. The van der Waals surface area contributed by atoms with Gasteiger partial charge in [-0.2, -0.15) is 0 Å². The molecule has 442 valence electrons. The summed E-state index contributed by atoms with van der Waals surface area (Å²) in [5.41, 5.74) is 38.9. The number of nitrogens with one attached hydrogen (secondary N) is 4. The van der Waals surface area contributed by atoms with Gasteiger partial charge in [0.05, 0.1) is 56.7 Å². The van der Waals surface area contributed by atoms with Crippen LogP contribution in [-0.2, 0) is 51.4 Å². The van der Waals surface area contributed by atoms with Gasteiger partial charge < -0.3 is 19.9 Å². The Bertz CT molecular complexity index is 3900. The summed E-state index contributed by atoms with van der Waals surface area (Å²) in [7, 11) is 0. The predicted molar refractivity (Wildman–Crippen MR) is 368 cm³/mol. The Morgan fingerprint density at radius 2 is 0.419 bits per heavy atom. The van der Waals surface area contributed by atoms with Gasteiger partial charge in [-0.25, -0.2) is 19.9 Å².